The first-order chi connectivity index (χ1) is 8.20. The van der Waals surface area contributed by atoms with Crippen molar-refractivity contribution in [2.75, 3.05) is 11.9 Å². The normalized spacial score (nSPS) is 10.5. The maximum atomic E-state index is 5.49. The van der Waals surface area contributed by atoms with Crippen molar-refractivity contribution in [3.05, 3.63) is 35.5 Å². The van der Waals surface area contributed by atoms with Crippen LogP contribution in [-0.4, -0.2) is 22.2 Å². The van der Waals surface area contributed by atoms with Gasteiger partial charge in [-0.15, -0.1) is 5.10 Å². The highest BCUT2D eigenvalue weighted by atomic mass is 16.4. The fourth-order valence-corrected chi connectivity index (χ4v) is 1.54. The van der Waals surface area contributed by atoms with Gasteiger partial charge in [0, 0.05) is 32.4 Å². The van der Waals surface area contributed by atoms with Gasteiger partial charge in [-0.1, -0.05) is 12.0 Å². The second-order valence-electron chi connectivity index (χ2n) is 3.99. The Kier molecular flexibility index (Phi) is 3.37. The van der Waals surface area contributed by atoms with Crippen LogP contribution < -0.4 is 4.90 Å². The Morgan fingerprint density at radius 2 is 2.18 bits per heavy atom. The van der Waals surface area contributed by atoms with E-state index in [9.17, 15) is 0 Å². The summed E-state index contributed by atoms with van der Waals surface area (Å²) in [6, 6.07) is 2.56. The smallest absolute Gasteiger partial charge is 0.318 e. The fraction of sp³-hybridized carbons (Fsp3) is 0.417. The first kappa shape index (κ1) is 11.6. The standard InChI is InChI=1S/C12H16N4O/c1-4-11-14-15-12(17-11)16(3)8-10-5-6-13-7-9(10)2/h5-7H,4,8H2,1-3H3. The van der Waals surface area contributed by atoms with Gasteiger partial charge in [0.05, 0.1) is 0 Å². The molecule has 5 nitrogen and oxygen atoms in total. The predicted molar refractivity (Wildman–Crippen MR) is 64.8 cm³/mol. The van der Waals surface area contributed by atoms with Crippen LogP contribution in [0.4, 0.5) is 6.01 Å². The summed E-state index contributed by atoms with van der Waals surface area (Å²) in [7, 11) is 1.94. The fourth-order valence-electron chi connectivity index (χ4n) is 1.54. The molecule has 5 heteroatoms. The van der Waals surface area contributed by atoms with Crippen molar-refractivity contribution in [2.24, 2.45) is 0 Å². The lowest BCUT2D eigenvalue weighted by Gasteiger charge is -2.14. The van der Waals surface area contributed by atoms with E-state index in [0.29, 0.717) is 11.9 Å². The summed E-state index contributed by atoms with van der Waals surface area (Å²) in [5.74, 6) is 0.665. The van der Waals surface area contributed by atoms with Crippen molar-refractivity contribution < 1.29 is 4.42 Å². The van der Waals surface area contributed by atoms with E-state index in [4.69, 9.17) is 4.42 Å². The van der Waals surface area contributed by atoms with Crippen LogP contribution in [-0.2, 0) is 13.0 Å². The monoisotopic (exact) mass is 232 g/mol. The number of aromatic nitrogens is 3. The molecule has 2 rings (SSSR count). The Bertz CT molecular complexity index is 495. The van der Waals surface area contributed by atoms with Gasteiger partial charge in [-0.2, -0.15) is 0 Å². The Balaban J connectivity index is 2.11. The summed E-state index contributed by atoms with van der Waals surface area (Å²) < 4.78 is 5.49. The minimum Gasteiger partial charge on any atom is -0.408 e. The first-order valence-electron chi connectivity index (χ1n) is 5.63. The quantitative estimate of drug-likeness (QED) is 0.806. The number of hydrogen-bond acceptors (Lipinski definition) is 5. The van der Waals surface area contributed by atoms with E-state index in [1.165, 1.54) is 5.56 Å². The molecule has 0 unspecified atom stereocenters. The van der Waals surface area contributed by atoms with Gasteiger partial charge in [-0.3, -0.25) is 4.98 Å². The first-order valence-corrected chi connectivity index (χ1v) is 5.63. The SMILES string of the molecule is CCc1nnc(N(C)Cc2ccncc2C)o1. The van der Waals surface area contributed by atoms with Gasteiger partial charge in [-0.25, -0.2) is 0 Å². The Labute approximate surface area is 100 Å². The average Bonchev–Trinajstić information content (AvgIpc) is 2.81. The molecule has 0 atom stereocenters. The number of aryl methyl sites for hydroxylation is 2. The van der Waals surface area contributed by atoms with Crippen LogP contribution in [0.2, 0.25) is 0 Å². The van der Waals surface area contributed by atoms with Crippen LogP contribution in [0.1, 0.15) is 23.9 Å². The molecule has 2 aromatic heterocycles. The van der Waals surface area contributed by atoms with E-state index >= 15 is 0 Å². The Morgan fingerprint density at radius 1 is 1.35 bits per heavy atom. The zero-order valence-electron chi connectivity index (χ0n) is 10.3. The molecule has 2 aromatic rings. The molecule has 0 aliphatic heterocycles. The zero-order valence-corrected chi connectivity index (χ0v) is 10.3. The van der Waals surface area contributed by atoms with Crippen molar-refractivity contribution in [1.82, 2.24) is 15.2 Å². The second-order valence-corrected chi connectivity index (χ2v) is 3.99. The largest absolute Gasteiger partial charge is 0.408 e. The molecule has 0 N–H and O–H groups in total. The molecule has 0 saturated heterocycles. The highest BCUT2D eigenvalue weighted by molar-refractivity contribution is 5.29. The molecule has 90 valence electrons. The topological polar surface area (TPSA) is 55.1 Å². The summed E-state index contributed by atoms with van der Waals surface area (Å²) in [6.07, 6.45) is 4.41. The molecule has 0 amide bonds. The predicted octanol–water partition coefficient (Wildman–Crippen LogP) is 1.97. The molecule has 17 heavy (non-hydrogen) atoms. The lowest BCUT2D eigenvalue weighted by Crippen LogP contribution is -2.17. The van der Waals surface area contributed by atoms with Crippen molar-refractivity contribution >= 4 is 6.01 Å². The third-order valence-corrected chi connectivity index (χ3v) is 2.63. The van der Waals surface area contributed by atoms with Gasteiger partial charge in [-0.05, 0) is 24.1 Å². The lowest BCUT2D eigenvalue weighted by atomic mass is 10.1. The highest BCUT2D eigenvalue weighted by Crippen LogP contribution is 2.15. The molecule has 0 spiro atoms. The van der Waals surface area contributed by atoms with E-state index < -0.39 is 0 Å². The minimum absolute atomic E-state index is 0.554. The van der Waals surface area contributed by atoms with Crippen molar-refractivity contribution in [3.63, 3.8) is 0 Å². The molecule has 0 aliphatic rings. The van der Waals surface area contributed by atoms with E-state index in [-0.39, 0.29) is 0 Å². The molecular formula is C12H16N4O. The zero-order chi connectivity index (χ0) is 12.3. The summed E-state index contributed by atoms with van der Waals surface area (Å²) in [6.45, 7) is 4.77. The van der Waals surface area contributed by atoms with Gasteiger partial charge >= 0.3 is 6.01 Å². The summed E-state index contributed by atoms with van der Waals surface area (Å²) in [5, 5.41) is 7.96. The lowest BCUT2D eigenvalue weighted by molar-refractivity contribution is 0.494. The van der Waals surface area contributed by atoms with Crippen LogP contribution in [0.5, 0.6) is 0 Å². The van der Waals surface area contributed by atoms with Crippen LogP contribution in [0.25, 0.3) is 0 Å². The van der Waals surface area contributed by atoms with Crippen LogP contribution in [0, 0.1) is 6.92 Å². The van der Waals surface area contributed by atoms with E-state index in [1.54, 1.807) is 6.20 Å². The van der Waals surface area contributed by atoms with E-state index in [0.717, 1.165) is 18.5 Å². The molecule has 0 saturated carbocycles. The maximum absolute atomic E-state index is 5.49. The second kappa shape index (κ2) is 4.95. The minimum atomic E-state index is 0.554. The van der Waals surface area contributed by atoms with Crippen molar-refractivity contribution in [2.45, 2.75) is 26.8 Å². The van der Waals surface area contributed by atoms with Crippen LogP contribution >= 0.6 is 0 Å². The van der Waals surface area contributed by atoms with Gasteiger partial charge in [0.15, 0.2) is 0 Å². The van der Waals surface area contributed by atoms with Gasteiger partial charge in [0.25, 0.3) is 0 Å². The Hall–Kier alpha value is -1.91. The number of hydrogen-bond donors (Lipinski definition) is 0. The van der Waals surface area contributed by atoms with Crippen LogP contribution in [0.15, 0.2) is 22.9 Å². The number of rotatable bonds is 4. The number of pyridine rings is 1. The Morgan fingerprint density at radius 3 is 2.82 bits per heavy atom. The molecule has 2 heterocycles. The number of anilines is 1. The summed E-state index contributed by atoms with van der Waals surface area (Å²) >= 11 is 0. The molecule has 0 aromatic carbocycles. The number of nitrogens with zero attached hydrogens (tertiary/aromatic N) is 4. The molecular weight excluding hydrogens is 216 g/mol. The van der Waals surface area contributed by atoms with Crippen molar-refractivity contribution in [1.29, 1.82) is 0 Å². The van der Waals surface area contributed by atoms with Crippen LogP contribution in [0.3, 0.4) is 0 Å². The molecule has 0 radical (unpaired) electrons. The van der Waals surface area contributed by atoms with Gasteiger partial charge < -0.3 is 9.32 Å². The third kappa shape index (κ3) is 2.61. The average molecular weight is 232 g/mol. The summed E-state index contributed by atoms with van der Waals surface area (Å²) in [5.41, 5.74) is 2.37. The maximum Gasteiger partial charge on any atom is 0.318 e. The highest BCUT2D eigenvalue weighted by Gasteiger charge is 2.10. The third-order valence-electron chi connectivity index (χ3n) is 2.63. The van der Waals surface area contributed by atoms with Crippen molar-refractivity contribution in [3.8, 4) is 0 Å². The molecule has 0 fully saturated rings. The molecule has 0 bridgehead atoms. The van der Waals surface area contributed by atoms with Gasteiger partial charge in [0.2, 0.25) is 5.89 Å². The summed E-state index contributed by atoms with van der Waals surface area (Å²) in [4.78, 5) is 6.01. The molecule has 0 aliphatic carbocycles. The van der Waals surface area contributed by atoms with Gasteiger partial charge in [0.1, 0.15) is 0 Å². The van der Waals surface area contributed by atoms with E-state index in [1.807, 2.05) is 38.1 Å². The van der Waals surface area contributed by atoms with E-state index in [2.05, 4.69) is 15.2 Å².